The van der Waals surface area contributed by atoms with Crippen molar-refractivity contribution < 1.29 is 0 Å². The molecule has 0 amide bonds. The molecule has 0 bridgehead atoms. The number of rotatable bonds is 1. The van der Waals surface area contributed by atoms with Gasteiger partial charge in [0.15, 0.2) is 0 Å². The summed E-state index contributed by atoms with van der Waals surface area (Å²) in [5.74, 6) is 0.660. The van der Waals surface area contributed by atoms with Gasteiger partial charge in [-0.25, -0.2) is 0 Å². The summed E-state index contributed by atoms with van der Waals surface area (Å²) >= 11 is 0. The van der Waals surface area contributed by atoms with Crippen LogP contribution in [-0.4, -0.2) is 0 Å². The first kappa shape index (κ1) is 10.0. The molecule has 0 saturated heterocycles. The molecule has 3 unspecified atom stereocenters. The van der Waals surface area contributed by atoms with Crippen molar-refractivity contribution in [2.45, 2.75) is 44.6 Å². The summed E-state index contributed by atoms with van der Waals surface area (Å²) in [4.78, 5) is 11.0. The number of benzene rings is 1. The molecule has 0 radical (unpaired) electrons. The summed E-state index contributed by atoms with van der Waals surface area (Å²) in [6.07, 6.45) is 3.30. The van der Waals surface area contributed by atoms with E-state index in [4.69, 9.17) is 0 Å². The molecule has 84 valence electrons. The van der Waals surface area contributed by atoms with Crippen molar-refractivity contribution in [3.05, 3.63) is 39.8 Å². The number of hydrogen-bond donors (Lipinski definition) is 0. The van der Waals surface area contributed by atoms with E-state index in [-0.39, 0.29) is 11.5 Å². The van der Waals surface area contributed by atoms with Crippen LogP contribution in [0.1, 0.15) is 49.4 Å². The lowest BCUT2D eigenvalue weighted by Gasteiger charge is -2.38. The van der Waals surface area contributed by atoms with Crippen molar-refractivity contribution in [2.24, 2.45) is 11.1 Å². The first-order chi connectivity index (χ1) is 7.66. The first-order valence-electron chi connectivity index (χ1n) is 6.11. The Morgan fingerprint density at radius 1 is 1.44 bits per heavy atom. The first-order valence-corrected chi connectivity index (χ1v) is 6.11. The Bertz CT molecular complexity index is 454. The zero-order valence-corrected chi connectivity index (χ0v) is 9.86. The van der Waals surface area contributed by atoms with Gasteiger partial charge in [0, 0.05) is 0 Å². The molecule has 16 heavy (non-hydrogen) atoms. The monoisotopic (exact) mass is 215 g/mol. The average molecular weight is 215 g/mol. The van der Waals surface area contributed by atoms with Gasteiger partial charge >= 0.3 is 0 Å². The Labute approximate surface area is 96.0 Å². The van der Waals surface area contributed by atoms with Crippen molar-refractivity contribution in [1.82, 2.24) is 0 Å². The predicted octanol–water partition coefficient (Wildman–Crippen LogP) is 3.74. The quantitative estimate of drug-likeness (QED) is 0.656. The highest BCUT2D eigenvalue weighted by Gasteiger charge is 2.47. The third kappa shape index (κ3) is 1.07. The molecular formula is C14H17NO. The highest BCUT2D eigenvalue weighted by molar-refractivity contribution is 5.49. The van der Waals surface area contributed by atoms with Gasteiger partial charge in [-0.15, -0.1) is 0 Å². The second-order valence-corrected chi connectivity index (χ2v) is 5.56. The zero-order valence-electron chi connectivity index (χ0n) is 9.86. The molecule has 2 heteroatoms. The third-order valence-corrected chi connectivity index (χ3v) is 4.79. The fourth-order valence-electron chi connectivity index (χ4n) is 3.65. The largest absolute Gasteiger partial charge is 0.150 e. The van der Waals surface area contributed by atoms with E-state index in [2.05, 4.69) is 37.2 Å². The normalized spacial score (nSPS) is 35.9. The predicted molar refractivity (Wildman–Crippen MR) is 64.4 cm³/mol. The van der Waals surface area contributed by atoms with Gasteiger partial charge in [0.1, 0.15) is 6.04 Å². The maximum absolute atomic E-state index is 11.0. The van der Waals surface area contributed by atoms with Crippen molar-refractivity contribution in [2.75, 3.05) is 0 Å². The summed E-state index contributed by atoms with van der Waals surface area (Å²) in [6, 6.07) is 6.28. The van der Waals surface area contributed by atoms with E-state index >= 15 is 0 Å². The van der Waals surface area contributed by atoms with Gasteiger partial charge in [0.25, 0.3) is 0 Å². The lowest BCUT2D eigenvalue weighted by atomic mass is 9.66. The van der Waals surface area contributed by atoms with Gasteiger partial charge in [0.2, 0.25) is 0 Å². The Morgan fingerprint density at radius 3 is 3.00 bits per heavy atom. The van der Waals surface area contributed by atoms with Crippen LogP contribution in [0.25, 0.3) is 0 Å². The SMILES string of the molecule is CC1CCc2cccc3c2C1(C)CC3N=O. The molecule has 3 atom stereocenters. The maximum atomic E-state index is 11.0. The van der Waals surface area contributed by atoms with Crippen LogP contribution in [0.5, 0.6) is 0 Å². The molecule has 0 heterocycles. The van der Waals surface area contributed by atoms with Crippen LogP contribution in [0.4, 0.5) is 0 Å². The van der Waals surface area contributed by atoms with Crippen LogP contribution >= 0.6 is 0 Å². The Hall–Kier alpha value is -1.18. The number of nitrogens with zero attached hydrogens (tertiary/aromatic N) is 1. The number of aryl methyl sites for hydroxylation is 1. The molecule has 0 N–H and O–H groups in total. The summed E-state index contributed by atoms with van der Waals surface area (Å²) < 4.78 is 0. The average Bonchev–Trinajstić information content (AvgIpc) is 2.61. The lowest BCUT2D eigenvalue weighted by molar-refractivity contribution is 0.267. The van der Waals surface area contributed by atoms with E-state index in [1.165, 1.54) is 23.1 Å². The molecule has 2 nitrogen and oxygen atoms in total. The summed E-state index contributed by atoms with van der Waals surface area (Å²) in [6.45, 7) is 4.62. The zero-order chi connectivity index (χ0) is 11.3. The molecule has 0 saturated carbocycles. The van der Waals surface area contributed by atoms with Gasteiger partial charge in [-0.3, -0.25) is 0 Å². The van der Waals surface area contributed by atoms with E-state index in [9.17, 15) is 4.91 Å². The molecule has 1 aromatic carbocycles. The van der Waals surface area contributed by atoms with E-state index in [0.717, 1.165) is 12.8 Å². The lowest BCUT2D eigenvalue weighted by Crippen LogP contribution is -2.32. The Balaban J connectivity index is 2.26. The Morgan fingerprint density at radius 2 is 2.25 bits per heavy atom. The van der Waals surface area contributed by atoms with Crippen LogP contribution < -0.4 is 0 Å². The maximum Gasteiger partial charge on any atom is 0.118 e. The minimum absolute atomic E-state index is 0.111. The molecule has 2 aliphatic carbocycles. The van der Waals surface area contributed by atoms with Gasteiger partial charge in [-0.2, -0.15) is 4.91 Å². The van der Waals surface area contributed by atoms with Crippen LogP contribution in [-0.2, 0) is 11.8 Å². The minimum Gasteiger partial charge on any atom is -0.150 e. The molecule has 0 spiro atoms. The van der Waals surface area contributed by atoms with Gasteiger partial charge in [0.05, 0.1) is 0 Å². The van der Waals surface area contributed by atoms with Crippen LogP contribution in [0.3, 0.4) is 0 Å². The summed E-state index contributed by atoms with van der Waals surface area (Å²) in [5, 5.41) is 3.33. The second-order valence-electron chi connectivity index (χ2n) is 5.56. The van der Waals surface area contributed by atoms with Crippen molar-refractivity contribution in [3.8, 4) is 0 Å². The van der Waals surface area contributed by atoms with Gasteiger partial charge in [-0.05, 0) is 47.3 Å². The van der Waals surface area contributed by atoms with Crippen molar-refractivity contribution in [3.63, 3.8) is 0 Å². The summed E-state index contributed by atoms with van der Waals surface area (Å²) in [5.41, 5.74) is 4.27. The second kappa shape index (κ2) is 3.16. The van der Waals surface area contributed by atoms with E-state index in [1.54, 1.807) is 0 Å². The van der Waals surface area contributed by atoms with E-state index in [1.807, 2.05) is 0 Å². The van der Waals surface area contributed by atoms with Crippen LogP contribution in [0, 0.1) is 10.8 Å². The van der Waals surface area contributed by atoms with E-state index in [0.29, 0.717) is 5.92 Å². The molecular weight excluding hydrogens is 198 g/mol. The highest BCUT2D eigenvalue weighted by atomic mass is 16.3. The number of nitroso groups, excluding NO2 is 1. The fourth-order valence-corrected chi connectivity index (χ4v) is 3.65. The van der Waals surface area contributed by atoms with Crippen molar-refractivity contribution >= 4 is 0 Å². The van der Waals surface area contributed by atoms with Crippen LogP contribution in [0.15, 0.2) is 23.4 Å². The Kier molecular flexibility index (Phi) is 1.97. The van der Waals surface area contributed by atoms with E-state index < -0.39 is 0 Å². The van der Waals surface area contributed by atoms with Crippen molar-refractivity contribution in [1.29, 1.82) is 0 Å². The standard InChI is InChI=1S/C14H17NO/c1-9-6-7-10-4-3-5-11-12(15-16)8-14(9,2)13(10)11/h3-5,9,12H,6-8H2,1-2H3. The molecule has 0 aromatic heterocycles. The molecule has 2 aliphatic rings. The fraction of sp³-hybridized carbons (Fsp3) is 0.571. The highest BCUT2D eigenvalue weighted by Crippen LogP contribution is 2.55. The molecule has 3 rings (SSSR count). The topological polar surface area (TPSA) is 29.4 Å². The van der Waals surface area contributed by atoms with Crippen LogP contribution in [0.2, 0.25) is 0 Å². The van der Waals surface area contributed by atoms with Gasteiger partial charge in [-0.1, -0.05) is 37.2 Å². The minimum atomic E-state index is -0.111. The van der Waals surface area contributed by atoms with Gasteiger partial charge < -0.3 is 0 Å². The smallest absolute Gasteiger partial charge is 0.118 e. The molecule has 0 aliphatic heterocycles. The molecule has 0 fully saturated rings. The summed E-state index contributed by atoms with van der Waals surface area (Å²) in [7, 11) is 0. The molecule has 1 aromatic rings. The third-order valence-electron chi connectivity index (χ3n) is 4.79. The number of hydrogen-bond acceptors (Lipinski definition) is 2.